The molecule has 0 bridgehead atoms. The second-order valence-corrected chi connectivity index (χ2v) is 3.91. The van der Waals surface area contributed by atoms with Crippen molar-refractivity contribution in [2.45, 2.75) is 38.6 Å². The zero-order valence-electron chi connectivity index (χ0n) is 9.29. The molecule has 2 atom stereocenters. The van der Waals surface area contributed by atoms with Gasteiger partial charge in [-0.1, -0.05) is 13.3 Å². The second kappa shape index (κ2) is 5.60. The van der Waals surface area contributed by atoms with Gasteiger partial charge in [0.25, 0.3) is 0 Å². The topological polar surface area (TPSA) is 101 Å². The maximum atomic E-state index is 12.0. The summed E-state index contributed by atoms with van der Waals surface area (Å²) >= 11 is 0. The van der Waals surface area contributed by atoms with E-state index in [0.29, 0.717) is 25.7 Å². The van der Waals surface area contributed by atoms with E-state index < -0.39 is 17.9 Å². The summed E-state index contributed by atoms with van der Waals surface area (Å²) in [6.07, 6.45) is 1.98. The minimum atomic E-state index is -0.751. The fourth-order valence-corrected chi connectivity index (χ4v) is 1.86. The summed E-state index contributed by atoms with van der Waals surface area (Å²) in [5, 5.41) is 2.56. The number of carbonyl (C=O) groups is 3. The number of hydrogen-bond donors (Lipinski definition) is 3. The molecule has 6 heteroatoms. The highest BCUT2D eigenvalue weighted by Crippen LogP contribution is 2.16. The van der Waals surface area contributed by atoms with E-state index in [1.165, 1.54) is 0 Å². The molecule has 0 spiro atoms. The lowest BCUT2D eigenvalue weighted by atomic mass is 9.92. The molecule has 0 aromatic rings. The maximum Gasteiger partial charge on any atom is 0.244 e. The lowest BCUT2D eigenvalue weighted by molar-refractivity contribution is -0.136. The predicted octanol–water partition coefficient (Wildman–Crippen LogP) is -0.760. The fraction of sp³-hybridized carbons (Fsp3) is 0.700. The zero-order chi connectivity index (χ0) is 12.1. The summed E-state index contributed by atoms with van der Waals surface area (Å²) in [6.45, 7) is 1.89. The first-order valence-electron chi connectivity index (χ1n) is 5.43. The Kier molecular flexibility index (Phi) is 4.42. The van der Waals surface area contributed by atoms with Crippen LogP contribution in [0.4, 0.5) is 0 Å². The van der Waals surface area contributed by atoms with Gasteiger partial charge in [-0.3, -0.25) is 19.8 Å². The molecule has 2 amide bonds. The number of rotatable bonds is 5. The van der Waals surface area contributed by atoms with E-state index in [1.807, 2.05) is 12.3 Å². The van der Waals surface area contributed by atoms with Crippen molar-refractivity contribution in [2.75, 3.05) is 0 Å². The van der Waals surface area contributed by atoms with Crippen LogP contribution in [0, 0.1) is 5.92 Å². The molecule has 4 N–H and O–H groups in total. The molecule has 16 heavy (non-hydrogen) atoms. The molecule has 1 fully saturated rings. The zero-order valence-corrected chi connectivity index (χ0v) is 9.29. The van der Waals surface area contributed by atoms with E-state index in [4.69, 9.17) is 5.84 Å². The molecular formula is C10H17N3O3. The van der Waals surface area contributed by atoms with Crippen molar-refractivity contribution in [3.63, 3.8) is 0 Å². The Morgan fingerprint density at radius 3 is 2.75 bits per heavy atom. The standard InChI is InChI=1S/C10H17N3O3/c1-2-3-6(10(16)13-11)9(15)7-4-5-8(14)12-7/h6-7H,2-5,11H2,1H3,(H,12,14)(H,13,16)/t6?,7-/m1/s1. The SMILES string of the molecule is CCCC(C(=O)NN)C(=O)[C@H]1CCC(=O)N1. The van der Waals surface area contributed by atoms with Gasteiger partial charge in [0, 0.05) is 6.42 Å². The highest BCUT2D eigenvalue weighted by Gasteiger charge is 2.35. The minimum Gasteiger partial charge on any atom is -0.346 e. The number of nitrogens with two attached hydrogens (primary N) is 1. The van der Waals surface area contributed by atoms with Gasteiger partial charge in [0.05, 0.1) is 12.0 Å². The second-order valence-electron chi connectivity index (χ2n) is 3.91. The summed E-state index contributed by atoms with van der Waals surface area (Å²) in [6, 6.07) is -0.527. The van der Waals surface area contributed by atoms with Gasteiger partial charge in [-0.25, -0.2) is 5.84 Å². The van der Waals surface area contributed by atoms with Crippen LogP contribution in [0.15, 0.2) is 0 Å². The van der Waals surface area contributed by atoms with Crippen molar-refractivity contribution in [3.05, 3.63) is 0 Å². The first kappa shape index (κ1) is 12.6. The first-order chi connectivity index (χ1) is 7.60. The summed E-state index contributed by atoms with van der Waals surface area (Å²) in [4.78, 5) is 34.4. The average molecular weight is 227 g/mol. The average Bonchev–Trinajstić information content (AvgIpc) is 2.71. The highest BCUT2D eigenvalue weighted by molar-refractivity contribution is 6.05. The molecule has 1 aliphatic rings. The van der Waals surface area contributed by atoms with Gasteiger partial charge in [-0.15, -0.1) is 0 Å². The quantitative estimate of drug-likeness (QED) is 0.249. The minimum absolute atomic E-state index is 0.137. The Labute approximate surface area is 93.9 Å². The van der Waals surface area contributed by atoms with Crippen LogP contribution in [0.5, 0.6) is 0 Å². The first-order valence-corrected chi connectivity index (χ1v) is 5.43. The summed E-state index contributed by atoms with van der Waals surface area (Å²) < 4.78 is 0. The Morgan fingerprint density at radius 1 is 1.62 bits per heavy atom. The molecule has 6 nitrogen and oxygen atoms in total. The number of carbonyl (C=O) groups excluding carboxylic acids is 3. The van der Waals surface area contributed by atoms with Gasteiger partial charge in [0.2, 0.25) is 11.8 Å². The summed E-state index contributed by atoms with van der Waals surface area (Å²) in [7, 11) is 0. The normalized spacial score (nSPS) is 21.4. The van der Waals surface area contributed by atoms with Crippen molar-refractivity contribution >= 4 is 17.6 Å². The van der Waals surface area contributed by atoms with Crippen molar-refractivity contribution in [2.24, 2.45) is 11.8 Å². The molecule has 0 aliphatic carbocycles. The largest absolute Gasteiger partial charge is 0.346 e. The maximum absolute atomic E-state index is 12.0. The molecule has 90 valence electrons. The van der Waals surface area contributed by atoms with Gasteiger partial charge in [-0.05, 0) is 12.8 Å². The van der Waals surface area contributed by atoms with E-state index in [0.717, 1.165) is 0 Å². The van der Waals surface area contributed by atoms with E-state index >= 15 is 0 Å². The molecule has 1 heterocycles. The summed E-state index contributed by atoms with van der Waals surface area (Å²) in [5.41, 5.74) is 1.99. The lowest BCUT2D eigenvalue weighted by Gasteiger charge is -2.17. The number of hydrogen-bond acceptors (Lipinski definition) is 4. The van der Waals surface area contributed by atoms with Crippen molar-refractivity contribution in [1.29, 1.82) is 0 Å². The third-order valence-corrected chi connectivity index (χ3v) is 2.72. The predicted molar refractivity (Wildman–Crippen MR) is 56.9 cm³/mol. The van der Waals surface area contributed by atoms with Gasteiger partial charge >= 0.3 is 0 Å². The van der Waals surface area contributed by atoms with E-state index in [9.17, 15) is 14.4 Å². The van der Waals surface area contributed by atoms with Gasteiger partial charge in [-0.2, -0.15) is 0 Å². The third-order valence-electron chi connectivity index (χ3n) is 2.72. The van der Waals surface area contributed by atoms with E-state index in [1.54, 1.807) is 0 Å². The van der Waals surface area contributed by atoms with Crippen LogP contribution in [-0.2, 0) is 14.4 Å². The molecule has 1 rings (SSSR count). The Hall–Kier alpha value is -1.43. The highest BCUT2D eigenvalue weighted by atomic mass is 16.2. The van der Waals surface area contributed by atoms with Crippen LogP contribution in [-0.4, -0.2) is 23.6 Å². The van der Waals surface area contributed by atoms with Crippen LogP contribution in [0.25, 0.3) is 0 Å². The van der Waals surface area contributed by atoms with E-state index in [-0.39, 0.29) is 11.7 Å². The van der Waals surface area contributed by atoms with Crippen LogP contribution in [0.2, 0.25) is 0 Å². The van der Waals surface area contributed by atoms with Crippen LogP contribution in [0.3, 0.4) is 0 Å². The number of ketones is 1. The van der Waals surface area contributed by atoms with Crippen molar-refractivity contribution in [3.8, 4) is 0 Å². The van der Waals surface area contributed by atoms with Gasteiger partial charge < -0.3 is 5.32 Å². The molecule has 1 saturated heterocycles. The molecule has 0 saturated carbocycles. The molecule has 0 aromatic heterocycles. The Morgan fingerprint density at radius 2 is 2.31 bits per heavy atom. The monoisotopic (exact) mass is 227 g/mol. The number of Topliss-reactive ketones (excluding diaryl/α,β-unsaturated/α-hetero) is 1. The molecule has 0 aromatic carbocycles. The Bertz CT molecular complexity index is 304. The molecule has 0 radical (unpaired) electrons. The Balaban J connectivity index is 2.67. The third kappa shape index (κ3) is 2.79. The number of nitrogens with one attached hydrogen (secondary N) is 2. The molecule has 1 aliphatic heterocycles. The fourth-order valence-electron chi connectivity index (χ4n) is 1.86. The molecular weight excluding hydrogens is 210 g/mol. The van der Waals surface area contributed by atoms with Gasteiger partial charge in [0.15, 0.2) is 5.78 Å². The van der Waals surface area contributed by atoms with Crippen LogP contribution < -0.4 is 16.6 Å². The van der Waals surface area contributed by atoms with Crippen LogP contribution in [0.1, 0.15) is 32.6 Å². The number of amides is 2. The van der Waals surface area contributed by atoms with Crippen molar-refractivity contribution in [1.82, 2.24) is 10.7 Å². The molecule has 1 unspecified atom stereocenters. The lowest BCUT2D eigenvalue weighted by Crippen LogP contribution is -2.45. The van der Waals surface area contributed by atoms with Crippen molar-refractivity contribution < 1.29 is 14.4 Å². The van der Waals surface area contributed by atoms with E-state index in [2.05, 4.69) is 5.32 Å². The summed E-state index contributed by atoms with van der Waals surface area (Å²) in [5.74, 6) is 3.42. The number of hydrazine groups is 1. The van der Waals surface area contributed by atoms with Crippen LogP contribution >= 0.6 is 0 Å². The smallest absolute Gasteiger partial charge is 0.244 e. The van der Waals surface area contributed by atoms with Gasteiger partial charge in [0.1, 0.15) is 0 Å².